The van der Waals surface area contributed by atoms with Crippen LogP contribution in [-0.4, -0.2) is 45.5 Å². The Morgan fingerprint density at radius 1 is 1.31 bits per heavy atom. The summed E-state index contributed by atoms with van der Waals surface area (Å²) in [6.07, 6.45) is 5.14. The van der Waals surface area contributed by atoms with E-state index in [1.165, 1.54) is 5.57 Å². The van der Waals surface area contributed by atoms with Gasteiger partial charge in [-0.3, -0.25) is 9.59 Å². The molecule has 0 aromatic rings. The number of nitrogens with two attached hydrogens (primary N) is 1. The van der Waals surface area contributed by atoms with Gasteiger partial charge < -0.3 is 20.7 Å². The summed E-state index contributed by atoms with van der Waals surface area (Å²) in [7, 11) is 0. The summed E-state index contributed by atoms with van der Waals surface area (Å²) in [6.45, 7) is 15.1. The average Bonchev–Trinajstić information content (AvgIpc) is 2.82. The van der Waals surface area contributed by atoms with Crippen LogP contribution in [0, 0.1) is 17.3 Å². The molecule has 36 heavy (non-hydrogen) atoms. The van der Waals surface area contributed by atoms with Gasteiger partial charge in [-0.05, 0) is 62.5 Å². The third-order valence-corrected chi connectivity index (χ3v) is 8.64. The van der Waals surface area contributed by atoms with E-state index in [-0.39, 0.29) is 18.1 Å². The van der Waals surface area contributed by atoms with Crippen molar-refractivity contribution in [1.82, 2.24) is 0 Å². The molecule has 7 heteroatoms. The highest BCUT2D eigenvalue weighted by molar-refractivity contribution is 8.02. The van der Waals surface area contributed by atoms with Crippen molar-refractivity contribution in [2.75, 3.05) is 0 Å². The number of rotatable bonds is 5. The largest absolute Gasteiger partial charge is 0.457 e. The Labute approximate surface area is 222 Å². The molecule has 0 saturated heterocycles. The van der Waals surface area contributed by atoms with Crippen LogP contribution in [0.25, 0.3) is 0 Å². The molecule has 0 fully saturated rings. The van der Waals surface area contributed by atoms with Gasteiger partial charge in [0.05, 0.1) is 24.0 Å². The molecular weight excluding hydrogens is 474 g/mol. The molecule has 1 aliphatic heterocycles. The molecule has 0 amide bonds. The van der Waals surface area contributed by atoms with E-state index in [2.05, 4.69) is 26.8 Å². The summed E-state index contributed by atoms with van der Waals surface area (Å²) < 4.78 is 5.81. The second-order valence-electron chi connectivity index (χ2n) is 11.1. The minimum absolute atomic E-state index is 0.0523. The Morgan fingerprint density at radius 2 is 1.94 bits per heavy atom. The molecule has 0 bridgehead atoms. The average molecular weight is 524 g/mol. The Hall–Kier alpha value is -1.57. The number of ketones is 1. The molecule has 6 atom stereocenters. The predicted octanol–water partition coefficient (Wildman–Crippen LogP) is 5.68. The molecule has 0 aromatic heterocycles. The number of hydrogen-bond donors (Lipinski definition) is 3. The highest BCUT2D eigenvalue weighted by atomic mass is 32.2. The fourth-order valence-electron chi connectivity index (χ4n) is 4.31. The number of cyclic esters (lactones) is 1. The maximum Gasteiger partial charge on any atom is 0.309 e. The molecule has 1 heterocycles. The summed E-state index contributed by atoms with van der Waals surface area (Å²) in [5.74, 6) is -1.53. The van der Waals surface area contributed by atoms with Gasteiger partial charge in [-0.25, -0.2) is 0 Å². The standard InChI is InChI=1S/C29H49NO5S/c1-9-21(5)36-17-23(30)15-20(4)24-14-13-18(2)11-10-12-19(3)27(33)22(6)28(34)29(7,8)25(31)16-26(32)35-24/h13,15,17,19,21-22,24-25,27,31,33H,9-12,14,16,30H2,1-8H3/b18-13-,20-15+,23-17-/t19-,21?,22+,24-,25-,27-/m0/s1. The summed E-state index contributed by atoms with van der Waals surface area (Å²) >= 11 is 1.67. The number of carbonyl (C=O) groups excluding carboxylic acids is 2. The lowest BCUT2D eigenvalue weighted by molar-refractivity contribution is -0.154. The summed E-state index contributed by atoms with van der Waals surface area (Å²) in [5.41, 5.74) is 7.61. The van der Waals surface area contributed by atoms with Gasteiger partial charge >= 0.3 is 5.97 Å². The number of ether oxygens (including phenoxy) is 1. The van der Waals surface area contributed by atoms with Crippen LogP contribution in [-0.2, 0) is 14.3 Å². The van der Waals surface area contributed by atoms with E-state index < -0.39 is 35.6 Å². The van der Waals surface area contributed by atoms with Crippen LogP contribution in [0.15, 0.2) is 34.4 Å². The SMILES string of the molecule is CCC(C)S/C=C(N)/C=C(\C)[C@@H]1C/C=C(/C)CCC[C@H](C)[C@H](O)[C@@H](C)C(=O)C(C)(C)[C@@H](O)CC(=O)O1. The minimum atomic E-state index is -1.23. The van der Waals surface area contributed by atoms with Gasteiger partial charge in [0.1, 0.15) is 11.9 Å². The first-order chi connectivity index (χ1) is 16.7. The van der Waals surface area contributed by atoms with Crippen LogP contribution >= 0.6 is 11.8 Å². The molecule has 0 aliphatic carbocycles. The fourth-order valence-corrected chi connectivity index (χ4v) is 4.96. The van der Waals surface area contributed by atoms with E-state index in [4.69, 9.17) is 10.5 Å². The zero-order valence-electron chi connectivity index (χ0n) is 23.5. The number of aliphatic hydroxyl groups is 2. The molecule has 1 unspecified atom stereocenters. The maximum absolute atomic E-state index is 13.2. The van der Waals surface area contributed by atoms with Gasteiger partial charge in [-0.2, -0.15) is 0 Å². The van der Waals surface area contributed by atoms with Crippen molar-refractivity contribution in [3.05, 3.63) is 34.4 Å². The van der Waals surface area contributed by atoms with Crippen molar-refractivity contribution >= 4 is 23.5 Å². The maximum atomic E-state index is 13.2. The van der Waals surface area contributed by atoms with Crippen molar-refractivity contribution in [2.24, 2.45) is 23.0 Å². The number of thioether (sulfide) groups is 1. The third kappa shape index (κ3) is 10.1. The Balaban J connectivity index is 3.24. The quantitative estimate of drug-likeness (QED) is 0.242. The highest BCUT2D eigenvalue weighted by Crippen LogP contribution is 2.32. The number of Topliss-reactive ketones (excluding diaryl/α,β-unsaturated/α-hetero) is 1. The first kappa shape index (κ1) is 32.5. The van der Waals surface area contributed by atoms with E-state index in [0.717, 1.165) is 31.3 Å². The topological polar surface area (TPSA) is 110 Å². The van der Waals surface area contributed by atoms with Crippen molar-refractivity contribution in [3.63, 3.8) is 0 Å². The summed E-state index contributed by atoms with van der Waals surface area (Å²) in [5, 5.41) is 24.0. The summed E-state index contributed by atoms with van der Waals surface area (Å²) in [4.78, 5) is 26.1. The predicted molar refractivity (Wildman–Crippen MR) is 149 cm³/mol. The number of carbonyl (C=O) groups is 2. The van der Waals surface area contributed by atoms with Crippen LogP contribution in [0.4, 0.5) is 0 Å². The smallest absolute Gasteiger partial charge is 0.309 e. The molecule has 0 saturated carbocycles. The molecule has 1 aliphatic rings. The molecule has 206 valence electrons. The van der Waals surface area contributed by atoms with Crippen LogP contribution in [0.5, 0.6) is 0 Å². The molecule has 6 nitrogen and oxygen atoms in total. The number of aliphatic hydroxyl groups excluding tert-OH is 2. The van der Waals surface area contributed by atoms with Gasteiger partial charge in [0.25, 0.3) is 0 Å². The van der Waals surface area contributed by atoms with Crippen LogP contribution in [0.2, 0.25) is 0 Å². The number of hydrogen-bond acceptors (Lipinski definition) is 7. The van der Waals surface area contributed by atoms with E-state index >= 15 is 0 Å². The number of esters is 1. The second kappa shape index (κ2) is 15.0. The lowest BCUT2D eigenvalue weighted by Crippen LogP contribution is -2.45. The summed E-state index contributed by atoms with van der Waals surface area (Å²) in [6, 6.07) is 0. The van der Waals surface area contributed by atoms with Crippen LogP contribution < -0.4 is 5.73 Å². The van der Waals surface area contributed by atoms with Crippen molar-refractivity contribution in [3.8, 4) is 0 Å². The van der Waals surface area contributed by atoms with E-state index in [1.807, 2.05) is 25.3 Å². The van der Waals surface area contributed by atoms with Crippen LogP contribution in [0.1, 0.15) is 93.9 Å². The fraction of sp³-hybridized carbons (Fsp3) is 0.724. The van der Waals surface area contributed by atoms with Crippen molar-refractivity contribution in [1.29, 1.82) is 0 Å². The van der Waals surface area contributed by atoms with E-state index in [1.54, 1.807) is 32.5 Å². The minimum Gasteiger partial charge on any atom is -0.457 e. The van der Waals surface area contributed by atoms with Gasteiger partial charge in [0, 0.05) is 23.3 Å². The van der Waals surface area contributed by atoms with Crippen molar-refractivity contribution in [2.45, 2.75) is 117 Å². The Bertz CT molecular complexity index is 832. The number of allylic oxidation sites excluding steroid dienone is 2. The van der Waals surface area contributed by atoms with Gasteiger partial charge in [0.2, 0.25) is 0 Å². The lowest BCUT2D eigenvalue weighted by atomic mass is 9.73. The molecular formula is C29H49NO5S. The zero-order chi connectivity index (χ0) is 27.6. The van der Waals surface area contributed by atoms with Gasteiger partial charge in [-0.15, -0.1) is 11.8 Å². The van der Waals surface area contributed by atoms with E-state index in [9.17, 15) is 19.8 Å². The first-order valence-corrected chi connectivity index (χ1v) is 14.2. The normalized spacial score (nSPS) is 32.4. The molecule has 0 radical (unpaired) electrons. The molecule has 0 spiro atoms. The van der Waals surface area contributed by atoms with Gasteiger partial charge in [0.15, 0.2) is 0 Å². The van der Waals surface area contributed by atoms with Crippen molar-refractivity contribution < 1.29 is 24.5 Å². The lowest BCUT2D eigenvalue weighted by Gasteiger charge is -2.34. The molecule has 1 rings (SSSR count). The monoisotopic (exact) mass is 523 g/mol. The Kier molecular flexibility index (Phi) is 13.5. The molecule has 4 N–H and O–H groups in total. The zero-order valence-corrected chi connectivity index (χ0v) is 24.4. The second-order valence-corrected chi connectivity index (χ2v) is 12.4. The highest BCUT2D eigenvalue weighted by Gasteiger charge is 2.42. The van der Waals surface area contributed by atoms with Gasteiger partial charge in [-0.1, -0.05) is 53.2 Å². The third-order valence-electron chi connectivity index (χ3n) is 7.44. The van der Waals surface area contributed by atoms with E-state index in [0.29, 0.717) is 17.4 Å². The molecule has 0 aromatic carbocycles. The Morgan fingerprint density at radius 3 is 2.56 bits per heavy atom. The van der Waals surface area contributed by atoms with Crippen LogP contribution in [0.3, 0.4) is 0 Å². The first-order valence-electron chi connectivity index (χ1n) is 13.2.